The van der Waals surface area contributed by atoms with Crippen LogP contribution in [0, 0.1) is 0 Å². The van der Waals surface area contributed by atoms with Crippen molar-refractivity contribution in [2.75, 3.05) is 32.2 Å². The standard InChI is InChI=1S/C22H32N2O4/c1-24(17-8-7-14-27-16-17)22(26)11-4-2-3-5-15-28-20-10-6-9-19-18(20)12-13-21(25)23-19/h6,9-10,17H,2-5,7-8,11-16H2,1H3,(H,23,25). The molecule has 2 heterocycles. The number of hydrogen-bond donors (Lipinski definition) is 1. The average molecular weight is 389 g/mol. The number of nitrogens with one attached hydrogen (secondary N) is 1. The molecule has 6 nitrogen and oxygen atoms in total. The van der Waals surface area contributed by atoms with Crippen LogP contribution in [-0.4, -0.2) is 49.6 Å². The second-order valence-corrected chi connectivity index (χ2v) is 7.72. The van der Waals surface area contributed by atoms with E-state index in [9.17, 15) is 9.59 Å². The number of hydrogen-bond acceptors (Lipinski definition) is 4. The number of amides is 2. The highest BCUT2D eigenvalue weighted by Gasteiger charge is 2.22. The summed E-state index contributed by atoms with van der Waals surface area (Å²) in [7, 11) is 1.90. The van der Waals surface area contributed by atoms with E-state index in [1.54, 1.807) is 0 Å². The normalized spacial score (nSPS) is 18.9. The van der Waals surface area contributed by atoms with Crippen molar-refractivity contribution in [2.45, 2.75) is 63.8 Å². The third kappa shape index (κ3) is 5.71. The van der Waals surface area contributed by atoms with Gasteiger partial charge in [-0.25, -0.2) is 0 Å². The highest BCUT2D eigenvalue weighted by atomic mass is 16.5. The lowest BCUT2D eigenvalue weighted by molar-refractivity contribution is -0.134. The first-order chi connectivity index (χ1) is 13.6. The van der Waals surface area contributed by atoms with Gasteiger partial charge in [0.25, 0.3) is 0 Å². The summed E-state index contributed by atoms with van der Waals surface area (Å²) in [6.07, 6.45) is 7.93. The number of fused-ring (bicyclic) bond motifs is 1. The van der Waals surface area contributed by atoms with Crippen LogP contribution in [0.5, 0.6) is 5.75 Å². The van der Waals surface area contributed by atoms with Crippen LogP contribution in [0.25, 0.3) is 0 Å². The molecule has 154 valence electrons. The lowest BCUT2D eigenvalue weighted by Gasteiger charge is -2.31. The molecule has 6 heteroatoms. The van der Waals surface area contributed by atoms with Gasteiger partial charge in [-0.2, -0.15) is 0 Å². The molecule has 3 rings (SSSR count). The minimum atomic E-state index is 0.0702. The van der Waals surface area contributed by atoms with Crippen LogP contribution in [0.3, 0.4) is 0 Å². The van der Waals surface area contributed by atoms with Crippen LogP contribution < -0.4 is 10.1 Å². The summed E-state index contributed by atoms with van der Waals surface area (Å²) < 4.78 is 11.4. The topological polar surface area (TPSA) is 67.9 Å². The zero-order valence-electron chi connectivity index (χ0n) is 16.9. The summed E-state index contributed by atoms with van der Waals surface area (Å²) in [6, 6.07) is 6.06. The van der Waals surface area contributed by atoms with Gasteiger partial charge < -0.3 is 19.7 Å². The molecule has 1 atom stereocenters. The smallest absolute Gasteiger partial charge is 0.224 e. The average Bonchev–Trinajstić information content (AvgIpc) is 2.72. The van der Waals surface area contributed by atoms with Gasteiger partial charge in [-0.3, -0.25) is 9.59 Å². The van der Waals surface area contributed by atoms with Gasteiger partial charge in [0.1, 0.15) is 5.75 Å². The van der Waals surface area contributed by atoms with E-state index in [2.05, 4.69) is 5.32 Å². The zero-order valence-corrected chi connectivity index (χ0v) is 16.9. The van der Waals surface area contributed by atoms with E-state index in [0.29, 0.717) is 26.1 Å². The number of nitrogens with zero attached hydrogens (tertiary/aromatic N) is 1. The van der Waals surface area contributed by atoms with Gasteiger partial charge in [-0.05, 0) is 44.2 Å². The van der Waals surface area contributed by atoms with Crippen LogP contribution in [0.4, 0.5) is 5.69 Å². The van der Waals surface area contributed by atoms with Crippen molar-refractivity contribution in [1.29, 1.82) is 0 Å². The molecule has 0 radical (unpaired) electrons. The van der Waals surface area contributed by atoms with Crippen molar-refractivity contribution in [3.8, 4) is 5.75 Å². The Morgan fingerprint density at radius 1 is 1.25 bits per heavy atom. The van der Waals surface area contributed by atoms with E-state index >= 15 is 0 Å². The number of carbonyl (C=O) groups is 2. The molecule has 2 aliphatic heterocycles. The second-order valence-electron chi connectivity index (χ2n) is 7.72. The Bertz CT molecular complexity index is 671. The van der Waals surface area contributed by atoms with Gasteiger partial charge in [-0.15, -0.1) is 0 Å². The Balaban J connectivity index is 1.29. The van der Waals surface area contributed by atoms with Gasteiger partial charge in [0.2, 0.25) is 11.8 Å². The molecule has 1 N–H and O–H groups in total. The molecular formula is C22H32N2O4. The van der Waals surface area contributed by atoms with Gasteiger partial charge >= 0.3 is 0 Å². The maximum Gasteiger partial charge on any atom is 0.224 e. The fourth-order valence-corrected chi connectivity index (χ4v) is 3.85. The number of rotatable bonds is 9. The lowest BCUT2D eigenvalue weighted by Crippen LogP contribution is -2.42. The fraction of sp³-hybridized carbons (Fsp3) is 0.636. The fourth-order valence-electron chi connectivity index (χ4n) is 3.85. The molecule has 0 aliphatic carbocycles. The quantitative estimate of drug-likeness (QED) is 0.657. The maximum atomic E-state index is 12.3. The van der Waals surface area contributed by atoms with Crippen LogP contribution in [0.2, 0.25) is 0 Å². The molecule has 1 unspecified atom stereocenters. The summed E-state index contributed by atoms with van der Waals surface area (Å²) in [5.41, 5.74) is 1.97. The molecule has 0 spiro atoms. The van der Waals surface area contributed by atoms with E-state index < -0.39 is 0 Å². The second kappa shape index (κ2) is 10.5. The molecule has 1 fully saturated rings. The number of carbonyl (C=O) groups excluding carboxylic acids is 2. The SMILES string of the molecule is CN(C(=O)CCCCCCOc1cccc2c1CCC(=O)N2)C1CCCOC1. The zero-order chi connectivity index (χ0) is 19.8. The minimum Gasteiger partial charge on any atom is -0.493 e. The molecule has 0 bridgehead atoms. The first-order valence-corrected chi connectivity index (χ1v) is 10.5. The third-order valence-corrected chi connectivity index (χ3v) is 5.63. The predicted molar refractivity (Wildman–Crippen MR) is 109 cm³/mol. The molecule has 0 saturated carbocycles. The Labute approximate surface area is 167 Å². The molecule has 1 aromatic carbocycles. The summed E-state index contributed by atoms with van der Waals surface area (Å²) in [6.45, 7) is 2.16. The molecular weight excluding hydrogens is 356 g/mol. The van der Waals surface area contributed by atoms with Crippen LogP contribution in [-0.2, 0) is 20.7 Å². The van der Waals surface area contributed by atoms with Crippen molar-refractivity contribution < 1.29 is 19.1 Å². The van der Waals surface area contributed by atoms with E-state index in [-0.39, 0.29) is 17.9 Å². The summed E-state index contributed by atoms with van der Waals surface area (Å²) in [5.74, 6) is 1.18. The molecule has 0 aromatic heterocycles. The van der Waals surface area contributed by atoms with Crippen molar-refractivity contribution >= 4 is 17.5 Å². The number of unbranched alkanes of at least 4 members (excludes halogenated alkanes) is 3. The first-order valence-electron chi connectivity index (χ1n) is 10.5. The predicted octanol–water partition coefficient (Wildman–Crippen LogP) is 3.54. The molecule has 2 amide bonds. The molecule has 28 heavy (non-hydrogen) atoms. The number of likely N-dealkylation sites (N-methyl/N-ethyl adjacent to an activating group) is 1. The third-order valence-electron chi connectivity index (χ3n) is 5.63. The Hall–Kier alpha value is -2.08. The van der Waals surface area contributed by atoms with Gasteiger partial charge in [0, 0.05) is 37.7 Å². The van der Waals surface area contributed by atoms with E-state index in [1.165, 1.54) is 0 Å². The Kier molecular flexibility index (Phi) is 7.71. The van der Waals surface area contributed by atoms with E-state index in [4.69, 9.17) is 9.47 Å². The van der Waals surface area contributed by atoms with Crippen LogP contribution in [0.15, 0.2) is 18.2 Å². The number of benzene rings is 1. The van der Waals surface area contributed by atoms with Crippen LogP contribution in [0.1, 0.15) is 56.9 Å². The van der Waals surface area contributed by atoms with Crippen molar-refractivity contribution in [1.82, 2.24) is 4.90 Å². The minimum absolute atomic E-state index is 0.0702. The maximum absolute atomic E-state index is 12.3. The highest BCUT2D eigenvalue weighted by molar-refractivity contribution is 5.94. The first kappa shape index (κ1) is 20.6. The van der Waals surface area contributed by atoms with Gasteiger partial charge in [0.15, 0.2) is 0 Å². The van der Waals surface area contributed by atoms with Crippen molar-refractivity contribution in [3.05, 3.63) is 23.8 Å². The number of ether oxygens (including phenoxy) is 2. The van der Waals surface area contributed by atoms with Gasteiger partial charge in [0.05, 0.1) is 19.3 Å². The Morgan fingerprint density at radius 2 is 2.11 bits per heavy atom. The van der Waals surface area contributed by atoms with Crippen molar-refractivity contribution in [2.24, 2.45) is 0 Å². The lowest BCUT2D eigenvalue weighted by atomic mass is 10.0. The number of anilines is 1. The Morgan fingerprint density at radius 3 is 2.93 bits per heavy atom. The van der Waals surface area contributed by atoms with Crippen molar-refractivity contribution in [3.63, 3.8) is 0 Å². The monoisotopic (exact) mass is 388 g/mol. The molecule has 2 aliphatic rings. The molecule has 1 saturated heterocycles. The van der Waals surface area contributed by atoms with Crippen LogP contribution >= 0.6 is 0 Å². The molecule has 1 aromatic rings. The largest absolute Gasteiger partial charge is 0.493 e. The summed E-state index contributed by atoms with van der Waals surface area (Å²) in [5, 5.41) is 2.90. The summed E-state index contributed by atoms with van der Waals surface area (Å²) in [4.78, 5) is 25.7. The highest BCUT2D eigenvalue weighted by Crippen LogP contribution is 2.31. The summed E-state index contributed by atoms with van der Waals surface area (Å²) >= 11 is 0. The van der Waals surface area contributed by atoms with Gasteiger partial charge in [-0.1, -0.05) is 18.9 Å². The van der Waals surface area contributed by atoms with E-state index in [0.717, 1.165) is 68.6 Å². The van der Waals surface area contributed by atoms with E-state index in [1.807, 2.05) is 30.1 Å².